The van der Waals surface area contributed by atoms with Crippen LogP contribution in [0.25, 0.3) is 0 Å². The van der Waals surface area contributed by atoms with Gasteiger partial charge in [0, 0.05) is 13.5 Å². The van der Waals surface area contributed by atoms with E-state index >= 15 is 0 Å². The van der Waals surface area contributed by atoms with Crippen LogP contribution < -0.4 is 5.32 Å². The van der Waals surface area contributed by atoms with Gasteiger partial charge in [-0.25, -0.2) is 0 Å². The number of hydrogen-bond donors (Lipinski definition) is 1. The second-order valence-corrected chi connectivity index (χ2v) is 5.47. The van der Waals surface area contributed by atoms with E-state index in [1.54, 1.807) is 7.11 Å². The molecule has 5 heteroatoms. The van der Waals surface area contributed by atoms with E-state index in [0.717, 1.165) is 31.8 Å². The summed E-state index contributed by atoms with van der Waals surface area (Å²) in [6.07, 6.45) is 4.23. The minimum absolute atomic E-state index is 0.0517. The molecule has 0 amide bonds. The number of methoxy groups -OCH3 is 1. The Labute approximate surface area is 115 Å². The Balaban J connectivity index is 1.91. The fourth-order valence-corrected chi connectivity index (χ4v) is 2.74. The Morgan fingerprint density at radius 3 is 3.00 bits per heavy atom. The van der Waals surface area contributed by atoms with Gasteiger partial charge in [-0.1, -0.05) is 19.0 Å². The van der Waals surface area contributed by atoms with Gasteiger partial charge < -0.3 is 14.6 Å². The molecule has 0 saturated carbocycles. The zero-order valence-corrected chi connectivity index (χ0v) is 12.2. The Bertz CT molecular complexity index is 371. The zero-order chi connectivity index (χ0) is 13.7. The minimum Gasteiger partial charge on any atom is -0.373 e. The molecular formula is C14H25N3O2. The van der Waals surface area contributed by atoms with Crippen molar-refractivity contribution in [3.8, 4) is 0 Å². The molecule has 108 valence electrons. The van der Waals surface area contributed by atoms with E-state index in [2.05, 4.69) is 29.3 Å². The van der Waals surface area contributed by atoms with Gasteiger partial charge in [0.05, 0.1) is 0 Å². The van der Waals surface area contributed by atoms with Crippen LogP contribution in [0.3, 0.4) is 0 Å². The van der Waals surface area contributed by atoms with Crippen LogP contribution in [0.4, 0.5) is 0 Å². The predicted octanol–water partition coefficient (Wildman–Crippen LogP) is 2.35. The normalized spacial score (nSPS) is 23.2. The molecule has 1 N–H and O–H groups in total. The van der Waals surface area contributed by atoms with Crippen molar-refractivity contribution in [3.63, 3.8) is 0 Å². The van der Waals surface area contributed by atoms with Crippen LogP contribution in [-0.4, -0.2) is 30.3 Å². The molecule has 0 radical (unpaired) electrons. The number of nitrogens with zero attached hydrogens (tertiary/aromatic N) is 2. The first-order chi connectivity index (χ1) is 9.24. The van der Waals surface area contributed by atoms with E-state index in [9.17, 15) is 0 Å². The molecule has 0 spiro atoms. The quantitative estimate of drug-likeness (QED) is 0.857. The van der Waals surface area contributed by atoms with Gasteiger partial charge in [-0.15, -0.1) is 0 Å². The molecule has 3 atom stereocenters. The van der Waals surface area contributed by atoms with Crippen LogP contribution in [0.5, 0.6) is 0 Å². The van der Waals surface area contributed by atoms with Gasteiger partial charge in [0.25, 0.3) is 0 Å². The van der Waals surface area contributed by atoms with Crippen molar-refractivity contribution in [1.29, 1.82) is 0 Å². The van der Waals surface area contributed by atoms with Crippen LogP contribution in [0, 0.1) is 11.8 Å². The molecule has 1 aromatic rings. The van der Waals surface area contributed by atoms with Crippen molar-refractivity contribution in [2.45, 2.75) is 45.6 Å². The summed E-state index contributed by atoms with van der Waals surface area (Å²) in [6.45, 7) is 6.59. The van der Waals surface area contributed by atoms with Crippen molar-refractivity contribution in [1.82, 2.24) is 15.5 Å². The van der Waals surface area contributed by atoms with Crippen LogP contribution in [0.1, 0.15) is 50.9 Å². The second-order valence-electron chi connectivity index (χ2n) is 5.47. The van der Waals surface area contributed by atoms with E-state index in [-0.39, 0.29) is 6.10 Å². The highest BCUT2D eigenvalue weighted by atomic mass is 16.5. The number of hydrogen-bond acceptors (Lipinski definition) is 5. The van der Waals surface area contributed by atoms with Crippen LogP contribution in [0.15, 0.2) is 4.52 Å². The molecule has 1 aliphatic rings. The molecule has 3 unspecified atom stereocenters. The molecule has 2 rings (SSSR count). The van der Waals surface area contributed by atoms with Crippen LogP contribution in [-0.2, 0) is 11.2 Å². The van der Waals surface area contributed by atoms with E-state index in [4.69, 9.17) is 9.26 Å². The van der Waals surface area contributed by atoms with Gasteiger partial charge in [-0.3, -0.25) is 0 Å². The topological polar surface area (TPSA) is 60.2 Å². The first kappa shape index (κ1) is 14.5. The molecule has 1 aromatic heterocycles. The molecule has 0 aliphatic carbocycles. The molecule has 1 aliphatic heterocycles. The highest BCUT2D eigenvalue weighted by molar-refractivity contribution is 4.92. The smallest absolute Gasteiger partial charge is 0.227 e. The van der Waals surface area contributed by atoms with Crippen molar-refractivity contribution in [3.05, 3.63) is 11.7 Å². The van der Waals surface area contributed by atoms with Crippen molar-refractivity contribution < 1.29 is 9.26 Å². The zero-order valence-electron chi connectivity index (χ0n) is 12.2. The molecule has 19 heavy (non-hydrogen) atoms. The summed E-state index contributed by atoms with van der Waals surface area (Å²) in [5.74, 6) is 2.70. The highest BCUT2D eigenvalue weighted by Gasteiger charge is 2.23. The van der Waals surface area contributed by atoms with Crippen LogP contribution >= 0.6 is 0 Å². The Kier molecular flexibility index (Phi) is 5.34. The van der Waals surface area contributed by atoms with Gasteiger partial charge in [-0.2, -0.15) is 4.98 Å². The summed E-state index contributed by atoms with van der Waals surface area (Å²) in [7, 11) is 1.68. The summed E-state index contributed by atoms with van der Waals surface area (Å²) in [5, 5.41) is 7.49. The van der Waals surface area contributed by atoms with Gasteiger partial charge in [0.1, 0.15) is 6.10 Å². The monoisotopic (exact) mass is 267 g/mol. The highest BCUT2D eigenvalue weighted by Crippen LogP contribution is 2.24. The number of ether oxygens (including phenoxy) is 1. The number of piperidine rings is 1. The second kappa shape index (κ2) is 7.01. The summed E-state index contributed by atoms with van der Waals surface area (Å²) in [6, 6.07) is 0. The summed E-state index contributed by atoms with van der Waals surface area (Å²) in [5.41, 5.74) is 0. The maximum absolute atomic E-state index is 5.35. The number of nitrogens with one attached hydrogen (secondary N) is 1. The SMILES string of the molecule is CCC(OC)c1noc(CC(C)C2CCCNC2)n1. The fraction of sp³-hybridized carbons (Fsp3) is 0.857. The molecule has 5 nitrogen and oxygen atoms in total. The summed E-state index contributed by atoms with van der Waals surface area (Å²) in [4.78, 5) is 4.46. The lowest BCUT2D eigenvalue weighted by Gasteiger charge is -2.27. The van der Waals surface area contributed by atoms with Gasteiger partial charge in [0.2, 0.25) is 11.7 Å². The van der Waals surface area contributed by atoms with Crippen molar-refractivity contribution in [2.75, 3.05) is 20.2 Å². The third kappa shape index (κ3) is 3.76. The molecule has 1 fully saturated rings. The molecule has 1 saturated heterocycles. The van der Waals surface area contributed by atoms with E-state index < -0.39 is 0 Å². The number of aromatic nitrogens is 2. The molecule has 0 bridgehead atoms. The average Bonchev–Trinajstić information content (AvgIpc) is 2.89. The summed E-state index contributed by atoms with van der Waals surface area (Å²) >= 11 is 0. The molecule has 0 aromatic carbocycles. The van der Waals surface area contributed by atoms with E-state index in [0.29, 0.717) is 17.7 Å². The minimum atomic E-state index is -0.0517. The summed E-state index contributed by atoms with van der Waals surface area (Å²) < 4.78 is 10.7. The van der Waals surface area contributed by atoms with Crippen molar-refractivity contribution >= 4 is 0 Å². The fourth-order valence-electron chi connectivity index (χ4n) is 2.74. The first-order valence-electron chi connectivity index (χ1n) is 7.30. The maximum atomic E-state index is 5.35. The van der Waals surface area contributed by atoms with E-state index in [1.807, 2.05) is 0 Å². The van der Waals surface area contributed by atoms with E-state index in [1.165, 1.54) is 12.8 Å². The third-order valence-corrected chi connectivity index (χ3v) is 4.06. The average molecular weight is 267 g/mol. The first-order valence-corrected chi connectivity index (χ1v) is 7.30. The molecular weight excluding hydrogens is 242 g/mol. The largest absolute Gasteiger partial charge is 0.373 e. The van der Waals surface area contributed by atoms with Gasteiger partial charge in [0.15, 0.2) is 0 Å². The van der Waals surface area contributed by atoms with Crippen LogP contribution in [0.2, 0.25) is 0 Å². The Morgan fingerprint density at radius 2 is 2.37 bits per heavy atom. The van der Waals surface area contributed by atoms with Crippen molar-refractivity contribution in [2.24, 2.45) is 11.8 Å². The van der Waals surface area contributed by atoms with Gasteiger partial charge >= 0.3 is 0 Å². The molecule has 2 heterocycles. The Morgan fingerprint density at radius 1 is 1.53 bits per heavy atom. The predicted molar refractivity (Wildman–Crippen MR) is 72.8 cm³/mol. The Hall–Kier alpha value is -0.940. The van der Waals surface area contributed by atoms with Gasteiger partial charge in [-0.05, 0) is 44.2 Å². The maximum Gasteiger partial charge on any atom is 0.227 e. The standard InChI is InChI=1S/C14H25N3O2/c1-4-12(18-3)14-16-13(19-17-14)8-10(2)11-6-5-7-15-9-11/h10-12,15H,4-9H2,1-3H3. The number of rotatable bonds is 6. The lowest BCUT2D eigenvalue weighted by atomic mass is 9.85. The lowest BCUT2D eigenvalue weighted by Crippen LogP contribution is -2.33. The third-order valence-electron chi connectivity index (χ3n) is 4.06. The lowest BCUT2D eigenvalue weighted by molar-refractivity contribution is 0.0903.